The Morgan fingerprint density at radius 2 is 1.97 bits per heavy atom. The van der Waals surface area contributed by atoms with Gasteiger partial charge in [0.1, 0.15) is 15.8 Å². The van der Waals surface area contributed by atoms with Crippen molar-refractivity contribution < 1.29 is 22.5 Å². The third-order valence-corrected chi connectivity index (χ3v) is 7.18. The number of hydrogen-bond acceptors (Lipinski definition) is 8. The first-order chi connectivity index (χ1) is 14.7. The van der Waals surface area contributed by atoms with Gasteiger partial charge in [-0.15, -0.1) is 0 Å². The van der Waals surface area contributed by atoms with E-state index in [1.165, 1.54) is 18.7 Å². The lowest BCUT2D eigenvalue weighted by Crippen LogP contribution is -2.37. The Hall–Kier alpha value is -2.92. The molecule has 2 heterocycles. The number of hydrogen-bond donors (Lipinski definition) is 0. The first kappa shape index (κ1) is 22.8. The van der Waals surface area contributed by atoms with Crippen molar-refractivity contribution in [2.75, 3.05) is 13.7 Å². The van der Waals surface area contributed by atoms with E-state index >= 15 is 0 Å². The van der Waals surface area contributed by atoms with Gasteiger partial charge in [-0.2, -0.15) is 10.1 Å². The van der Waals surface area contributed by atoms with E-state index in [9.17, 15) is 13.2 Å². The quantitative estimate of drug-likeness (QED) is 0.495. The van der Waals surface area contributed by atoms with Crippen LogP contribution in [0.3, 0.4) is 0 Å². The smallest absolute Gasteiger partial charge is 0.271 e. The van der Waals surface area contributed by atoms with Crippen LogP contribution in [0.25, 0.3) is 11.4 Å². The number of carbonyl (C=O) groups is 1. The van der Waals surface area contributed by atoms with E-state index < -0.39 is 15.9 Å². The predicted molar refractivity (Wildman–Crippen MR) is 112 cm³/mol. The monoisotopic (exact) mass is 467 g/mol. The molecule has 10 nitrogen and oxygen atoms in total. The molecule has 3 aromatic rings. The number of methoxy groups -OCH3 is 1. The lowest BCUT2D eigenvalue weighted by Gasteiger charge is -2.20. The fourth-order valence-electron chi connectivity index (χ4n) is 3.05. The van der Waals surface area contributed by atoms with Gasteiger partial charge < -0.3 is 9.26 Å². The van der Waals surface area contributed by atoms with Gasteiger partial charge in [0.15, 0.2) is 0 Å². The molecule has 0 bridgehead atoms. The molecule has 0 saturated heterocycles. The molecule has 0 fully saturated rings. The van der Waals surface area contributed by atoms with Crippen LogP contribution in [0.1, 0.15) is 24.9 Å². The van der Waals surface area contributed by atoms with Crippen molar-refractivity contribution in [1.29, 1.82) is 0 Å². The van der Waals surface area contributed by atoms with E-state index in [1.54, 1.807) is 38.3 Å². The van der Waals surface area contributed by atoms with Crippen molar-refractivity contribution >= 4 is 27.5 Å². The number of nitrogens with zero attached hydrogens (tertiary/aromatic N) is 5. The van der Waals surface area contributed by atoms with Crippen molar-refractivity contribution in [3.05, 3.63) is 41.0 Å². The lowest BCUT2D eigenvalue weighted by atomic mass is 10.2. The van der Waals surface area contributed by atoms with E-state index in [2.05, 4.69) is 15.2 Å². The zero-order valence-electron chi connectivity index (χ0n) is 17.5. The minimum atomic E-state index is -4.15. The van der Waals surface area contributed by atoms with Crippen molar-refractivity contribution in [3.63, 3.8) is 0 Å². The zero-order chi connectivity index (χ0) is 22.8. The number of aryl methyl sites for hydroxylation is 3. The predicted octanol–water partition coefficient (Wildman–Crippen LogP) is 2.61. The average Bonchev–Trinajstić information content (AvgIpc) is 3.31. The summed E-state index contributed by atoms with van der Waals surface area (Å²) in [5.74, 6) is 0.681. The highest BCUT2D eigenvalue weighted by Gasteiger charge is 2.33. The summed E-state index contributed by atoms with van der Waals surface area (Å²) in [4.78, 5) is 16.8. The van der Waals surface area contributed by atoms with Gasteiger partial charge in [0, 0.05) is 32.0 Å². The molecule has 0 aliphatic rings. The summed E-state index contributed by atoms with van der Waals surface area (Å²) in [6.45, 7) is 3.05. The summed E-state index contributed by atoms with van der Waals surface area (Å²) in [6.07, 6.45) is -0.0397. The molecule has 0 aliphatic heterocycles. The molecular weight excluding hydrogens is 446 g/mol. The van der Waals surface area contributed by atoms with Crippen molar-refractivity contribution in [2.24, 2.45) is 7.05 Å². The van der Waals surface area contributed by atoms with Gasteiger partial charge in [-0.25, -0.2) is 12.7 Å². The highest BCUT2D eigenvalue weighted by atomic mass is 35.5. The molecule has 166 valence electrons. The molecule has 1 aromatic carbocycles. The summed E-state index contributed by atoms with van der Waals surface area (Å²) < 4.78 is 38.4. The van der Waals surface area contributed by atoms with E-state index in [-0.39, 0.29) is 41.0 Å². The summed E-state index contributed by atoms with van der Waals surface area (Å²) in [7, 11) is -1.05. The van der Waals surface area contributed by atoms with Crippen LogP contribution in [0.15, 0.2) is 33.7 Å². The molecule has 0 unspecified atom stereocenters. The fourth-order valence-corrected chi connectivity index (χ4v) is 5.19. The molecule has 0 N–H and O–H groups in total. The Labute approximate surface area is 184 Å². The third-order valence-electron chi connectivity index (χ3n) is 4.58. The Morgan fingerprint density at radius 3 is 2.52 bits per heavy atom. The van der Waals surface area contributed by atoms with Crippen LogP contribution in [0.2, 0.25) is 5.15 Å². The van der Waals surface area contributed by atoms with Crippen LogP contribution in [0, 0.1) is 6.92 Å². The van der Waals surface area contributed by atoms with Crippen molar-refractivity contribution in [3.8, 4) is 17.1 Å². The van der Waals surface area contributed by atoms with Crippen molar-refractivity contribution in [2.45, 2.75) is 31.6 Å². The van der Waals surface area contributed by atoms with E-state index in [4.69, 9.17) is 20.9 Å². The summed E-state index contributed by atoms with van der Waals surface area (Å²) in [5.41, 5.74) is 0.946. The SMILES string of the molecule is CCN(C(=O)CCc1nc(-c2ccc(OC)cc2)no1)S(=O)(=O)c1c(C)nn(C)c1Cl. The van der Waals surface area contributed by atoms with Gasteiger partial charge in [0.05, 0.1) is 12.8 Å². The molecule has 3 rings (SSSR count). The second kappa shape index (κ2) is 9.06. The van der Waals surface area contributed by atoms with Gasteiger partial charge in [-0.3, -0.25) is 9.48 Å². The highest BCUT2D eigenvalue weighted by Crippen LogP contribution is 2.28. The molecule has 0 aliphatic carbocycles. The Bertz CT molecular complexity index is 1190. The maximum absolute atomic E-state index is 13.0. The average molecular weight is 468 g/mol. The number of halogens is 1. The molecular formula is C19H22ClN5O5S. The zero-order valence-corrected chi connectivity index (χ0v) is 19.1. The molecule has 0 spiro atoms. The third kappa shape index (κ3) is 4.57. The minimum Gasteiger partial charge on any atom is -0.497 e. The van der Waals surface area contributed by atoms with Crippen LogP contribution >= 0.6 is 11.6 Å². The summed E-state index contributed by atoms with van der Waals surface area (Å²) in [5, 5.41) is 7.87. The molecule has 0 atom stereocenters. The van der Waals surface area contributed by atoms with Crippen LogP contribution < -0.4 is 4.74 Å². The van der Waals surface area contributed by atoms with Crippen LogP contribution in [0.5, 0.6) is 5.75 Å². The molecule has 2 aromatic heterocycles. The molecule has 31 heavy (non-hydrogen) atoms. The molecule has 12 heteroatoms. The van der Waals surface area contributed by atoms with E-state index in [0.29, 0.717) is 11.6 Å². The first-order valence-electron chi connectivity index (χ1n) is 9.40. The Kier molecular flexibility index (Phi) is 6.65. The normalized spacial score (nSPS) is 11.5. The largest absolute Gasteiger partial charge is 0.497 e. The maximum Gasteiger partial charge on any atom is 0.271 e. The van der Waals surface area contributed by atoms with Crippen LogP contribution in [0.4, 0.5) is 0 Å². The number of carbonyl (C=O) groups excluding carboxylic acids is 1. The number of rotatable bonds is 8. The van der Waals surface area contributed by atoms with E-state index in [0.717, 1.165) is 9.87 Å². The van der Waals surface area contributed by atoms with Crippen LogP contribution in [-0.4, -0.2) is 52.2 Å². The number of sulfonamides is 1. The highest BCUT2D eigenvalue weighted by molar-refractivity contribution is 7.89. The van der Waals surface area contributed by atoms with Crippen molar-refractivity contribution in [1.82, 2.24) is 24.2 Å². The molecule has 0 saturated carbocycles. The van der Waals surface area contributed by atoms with Gasteiger partial charge in [0.2, 0.25) is 17.6 Å². The maximum atomic E-state index is 13.0. The number of benzene rings is 1. The first-order valence-corrected chi connectivity index (χ1v) is 11.2. The number of aromatic nitrogens is 4. The van der Waals surface area contributed by atoms with Gasteiger partial charge >= 0.3 is 0 Å². The minimum absolute atomic E-state index is 0.0488. The van der Waals surface area contributed by atoms with E-state index in [1.807, 2.05) is 0 Å². The lowest BCUT2D eigenvalue weighted by molar-refractivity contribution is -0.126. The van der Waals surface area contributed by atoms with Gasteiger partial charge in [-0.05, 0) is 38.1 Å². The summed E-state index contributed by atoms with van der Waals surface area (Å²) in [6, 6.07) is 7.10. The summed E-state index contributed by atoms with van der Waals surface area (Å²) >= 11 is 6.10. The van der Waals surface area contributed by atoms with Crippen LogP contribution in [-0.2, 0) is 28.3 Å². The van der Waals surface area contributed by atoms with Gasteiger partial charge in [-0.1, -0.05) is 16.8 Å². The molecule has 0 radical (unpaired) electrons. The second-order valence-electron chi connectivity index (χ2n) is 6.63. The molecule has 1 amide bonds. The fraction of sp³-hybridized carbons (Fsp3) is 0.368. The number of amides is 1. The number of ether oxygens (including phenoxy) is 1. The second-order valence-corrected chi connectivity index (χ2v) is 8.79. The Morgan fingerprint density at radius 1 is 1.29 bits per heavy atom. The topological polar surface area (TPSA) is 120 Å². The van der Waals surface area contributed by atoms with Gasteiger partial charge in [0.25, 0.3) is 10.0 Å². The Balaban J connectivity index is 1.72. The standard InChI is InChI=1S/C19H22ClN5O5S/c1-5-25(31(27,28)17-12(2)22-24(3)18(17)20)16(26)11-10-15-21-19(23-30-15)13-6-8-14(29-4)9-7-13/h6-9H,5,10-11H2,1-4H3.